The largest absolute Gasteiger partial charge is 0.505 e. The van der Waals surface area contributed by atoms with E-state index in [0.29, 0.717) is 23.3 Å². The fourth-order valence-corrected chi connectivity index (χ4v) is 8.89. The molecule has 30 heteroatoms. The number of benzene rings is 6. The van der Waals surface area contributed by atoms with Crippen molar-refractivity contribution < 1.29 is 71.6 Å². The molecule has 0 aromatic heterocycles. The summed E-state index contributed by atoms with van der Waals surface area (Å²) in [4.78, 5) is -4.11. The number of azo groups is 2. The first-order chi connectivity index (χ1) is 27.9. The number of anilines is 2. The minimum Gasteiger partial charge on any atom is -0.505 e. The number of phenolic OH excluding ortho intramolecular Hbond substituents is 2. The smallest absolute Gasteiger partial charge is 0.296 e. The number of hydrogen-bond donors (Lipinski definition) is 8. The Balaban J connectivity index is 0.00000422. The summed E-state index contributed by atoms with van der Waals surface area (Å²) in [6.07, 6.45) is 0. The Kier molecular flexibility index (Phi) is 21.1. The molecule has 6 rings (SSSR count). The maximum absolute atomic E-state index is 12.0. The van der Waals surface area contributed by atoms with Crippen LogP contribution in [0.3, 0.4) is 0 Å². The van der Waals surface area contributed by atoms with Crippen LogP contribution >= 0.6 is 0 Å². The van der Waals surface area contributed by atoms with Crippen molar-refractivity contribution in [3.63, 3.8) is 0 Å². The number of rotatable bonds is 11. The van der Waals surface area contributed by atoms with Crippen molar-refractivity contribution in [1.29, 1.82) is 0 Å². The van der Waals surface area contributed by atoms with Crippen LogP contribution in [0.15, 0.2) is 113 Å². The molecule has 0 saturated carbocycles. The number of fused-ring (bicyclic) bond motifs is 2. The molecule has 4 radical (unpaired) electrons. The predicted molar refractivity (Wildman–Crippen MR) is 242 cm³/mol. The standard InChI is InChI=1S/C34H28N6O16S4.CH4.4Na/c1-55-23-11-15(3-7-19(23)37-39-21-9-5-17-25(57(43,44)45)13-27(59(49,50)51)31(35)29(17)33(21)41)16-4-8-20(24(12-16)56-2)38-40-22-10-6-18-26(58(46,47)48)14-28(60(52,53)54)32(36)30(18)34(22)42;;;;;/h3-14,41-42H,35-36H2,1-2H3,(H,43,44,45)(H,46,47,48)(H,49,50,51)(H,52,53,54);1H4;;;;. The average molecular weight is 1010 g/mol. The molecule has 0 aliphatic rings. The van der Waals surface area contributed by atoms with Gasteiger partial charge < -0.3 is 31.2 Å². The second kappa shape index (κ2) is 22.7. The van der Waals surface area contributed by atoms with E-state index in [1.165, 1.54) is 26.4 Å². The molecule has 0 aliphatic heterocycles. The number of hydrogen-bond acceptors (Lipinski definition) is 18. The summed E-state index contributed by atoms with van der Waals surface area (Å²) in [5.74, 6) is -1.36. The molecule has 0 heterocycles. The zero-order chi connectivity index (χ0) is 44.3. The molecular formula is C35H32N6Na4O16S4. The maximum atomic E-state index is 12.0. The first kappa shape index (κ1) is 60.5. The molecule has 10 N–H and O–H groups in total. The third-order valence-corrected chi connectivity index (χ3v) is 12.3. The van der Waals surface area contributed by atoms with E-state index in [-0.39, 0.29) is 171 Å². The van der Waals surface area contributed by atoms with Crippen molar-refractivity contribution in [3.8, 4) is 34.1 Å². The van der Waals surface area contributed by atoms with Crippen LogP contribution in [-0.2, 0) is 40.5 Å². The van der Waals surface area contributed by atoms with Crippen molar-refractivity contribution >= 4 is 214 Å². The van der Waals surface area contributed by atoms with Gasteiger partial charge in [-0.15, -0.1) is 20.5 Å². The number of aromatic hydroxyl groups is 2. The molecule has 0 amide bonds. The molecule has 0 aliphatic carbocycles. The third kappa shape index (κ3) is 12.6. The van der Waals surface area contributed by atoms with E-state index in [2.05, 4.69) is 20.5 Å². The zero-order valence-corrected chi connectivity index (χ0v) is 45.5. The van der Waals surface area contributed by atoms with E-state index in [1.54, 1.807) is 24.3 Å². The number of methoxy groups -OCH3 is 2. The van der Waals surface area contributed by atoms with Gasteiger partial charge in [0.2, 0.25) is 0 Å². The molecule has 0 bridgehead atoms. The molecule has 65 heavy (non-hydrogen) atoms. The van der Waals surface area contributed by atoms with E-state index < -0.39 is 93.7 Å². The van der Waals surface area contributed by atoms with Crippen LogP contribution in [0.2, 0.25) is 0 Å². The van der Waals surface area contributed by atoms with Crippen molar-refractivity contribution in [3.05, 3.63) is 72.8 Å². The Morgan fingerprint density at radius 3 is 1.00 bits per heavy atom. The number of phenols is 2. The van der Waals surface area contributed by atoms with Crippen LogP contribution in [0.4, 0.5) is 34.1 Å². The third-order valence-electron chi connectivity index (χ3n) is 8.77. The Bertz CT molecular complexity index is 3140. The average Bonchev–Trinajstić information content (AvgIpc) is 3.15. The van der Waals surface area contributed by atoms with Gasteiger partial charge in [0.05, 0.1) is 36.4 Å². The monoisotopic (exact) mass is 1010 g/mol. The summed E-state index contributed by atoms with van der Waals surface area (Å²) in [6, 6.07) is 14.5. The summed E-state index contributed by atoms with van der Waals surface area (Å²) in [6.45, 7) is 0. The van der Waals surface area contributed by atoms with Gasteiger partial charge in [-0.1, -0.05) is 31.7 Å². The van der Waals surface area contributed by atoms with E-state index in [9.17, 15) is 62.1 Å². The van der Waals surface area contributed by atoms with Crippen LogP contribution in [-0.4, -0.2) is 195 Å². The van der Waals surface area contributed by atoms with Gasteiger partial charge in [-0.3, -0.25) is 18.2 Å². The van der Waals surface area contributed by atoms with Gasteiger partial charge in [0.1, 0.15) is 53.8 Å². The van der Waals surface area contributed by atoms with Gasteiger partial charge in [-0.25, -0.2) is 0 Å². The normalized spacial score (nSPS) is 11.8. The van der Waals surface area contributed by atoms with Crippen LogP contribution in [0.1, 0.15) is 7.43 Å². The molecule has 0 saturated heterocycles. The number of nitrogens with zero attached hydrogens (tertiary/aromatic N) is 4. The topological polar surface area (TPSA) is 378 Å². The molecular weight excluding hydrogens is 981 g/mol. The second-order valence-electron chi connectivity index (χ2n) is 12.4. The van der Waals surface area contributed by atoms with Gasteiger partial charge in [-0.05, 0) is 59.7 Å². The SMILES string of the molecule is C.COc1cc(-c2ccc(N=Nc3ccc4c(S(=O)(=O)O)cc(S(=O)(=O)O)c(N)c4c3O)c(OC)c2)ccc1N=Nc1ccc2c(S(=O)(=O)O)cc(S(=O)(=O)O)c(N)c2c1O.[Na].[Na].[Na].[Na]. The molecule has 0 unspecified atom stereocenters. The van der Waals surface area contributed by atoms with Gasteiger partial charge in [0.25, 0.3) is 40.5 Å². The summed E-state index contributed by atoms with van der Waals surface area (Å²) in [7, 11) is -17.8. The summed E-state index contributed by atoms with van der Waals surface area (Å²) >= 11 is 0. The van der Waals surface area contributed by atoms with Gasteiger partial charge >= 0.3 is 0 Å². The fourth-order valence-electron chi connectivity index (χ4n) is 6.02. The van der Waals surface area contributed by atoms with Crippen LogP contribution in [0, 0.1) is 0 Å². The Morgan fingerprint density at radius 1 is 0.446 bits per heavy atom. The minimum absolute atomic E-state index is 0. The summed E-state index contributed by atoms with van der Waals surface area (Å²) in [5.41, 5.74) is 11.0. The van der Waals surface area contributed by atoms with Crippen molar-refractivity contribution in [2.75, 3.05) is 25.7 Å². The number of nitrogen functional groups attached to an aromatic ring is 2. The Labute approximate surface area is 460 Å². The van der Waals surface area contributed by atoms with Crippen LogP contribution in [0.5, 0.6) is 23.0 Å². The number of nitrogens with two attached hydrogens (primary N) is 2. The Morgan fingerprint density at radius 2 is 0.723 bits per heavy atom. The maximum Gasteiger partial charge on any atom is 0.296 e. The predicted octanol–water partition coefficient (Wildman–Crippen LogP) is 5.18. The molecule has 6 aromatic rings. The van der Waals surface area contributed by atoms with Crippen molar-refractivity contribution in [1.82, 2.24) is 0 Å². The van der Waals surface area contributed by atoms with E-state index in [4.69, 9.17) is 20.9 Å². The van der Waals surface area contributed by atoms with E-state index in [0.717, 1.165) is 24.3 Å². The number of ether oxygens (including phenoxy) is 2. The van der Waals surface area contributed by atoms with Crippen molar-refractivity contribution in [2.45, 2.75) is 27.0 Å². The van der Waals surface area contributed by atoms with E-state index in [1.807, 2.05) is 0 Å². The fraction of sp³-hybridized carbons (Fsp3) is 0.0857. The molecule has 0 atom stereocenters. The Hall–Kier alpha value is -2.52. The van der Waals surface area contributed by atoms with Crippen LogP contribution in [0.25, 0.3) is 32.7 Å². The molecule has 326 valence electrons. The minimum atomic E-state index is -5.13. The summed E-state index contributed by atoms with van der Waals surface area (Å²) < 4.78 is 145. The van der Waals surface area contributed by atoms with Gasteiger partial charge in [0, 0.05) is 129 Å². The first-order valence-electron chi connectivity index (χ1n) is 16.1. The second-order valence-corrected chi connectivity index (χ2v) is 17.9. The molecule has 0 spiro atoms. The molecule has 6 aromatic carbocycles. The zero-order valence-electron chi connectivity index (χ0n) is 34.3. The van der Waals surface area contributed by atoms with Crippen molar-refractivity contribution in [2.24, 2.45) is 20.5 Å². The summed E-state index contributed by atoms with van der Waals surface area (Å²) in [5, 5.41) is 36.3. The van der Waals surface area contributed by atoms with Gasteiger partial charge in [-0.2, -0.15) is 33.7 Å². The first-order valence-corrected chi connectivity index (χ1v) is 21.9. The van der Waals surface area contributed by atoms with Crippen LogP contribution < -0.4 is 20.9 Å². The van der Waals surface area contributed by atoms with E-state index >= 15 is 0 Å². The molecule has 22 nitrogen and oxygen atoms in total. The van der Waals surface area contributed by atoms with Gasteiger partial charge in [0.15, 0.2) is 11.5 Å². The quantitative estimate of drug-likeness (QED) is 0.0358. The molecule has 0 fully saturated rings.